The summed E-state index contributed by atoms with van der Waals surface area (Å²) >= 11 is 0. The second-order valence-corrected chi connectivity index (χ2v) is 14.7. The van der Waals surface area contributed by atoms with Gasteiger partial charge >= 0.3 is 36.8 Å². The normalized spacial score (nSPS) is 13.9. The van der Waals surface area contributed by atoms with Crippen molar-refractivity contribution < 1.29 is 90.7 Å². The number of hydrogen-bond acceptors (Lipinski definition) is 8. The number of ketones is 2. The van der Waals surface area contributed by atoms with E-state index in [0.29, 0.717) is 5.75 Å². The minimum atomic E-state index is -5.68. The van der Waals surface area contributed by atoms with E-state index in [-0.39, 0.29) is 33.8 Å². The van der Waals surface area contributed by atoms with E-state index in [0.717, 1.165) is 97.1 Å². The standard InChI is InChI=1S/C28H18F6O4.C23H16F6O4/c29-20-13-9-18(10-14-20)25(35)19-11-15-22(16-12-19)37-28(34,26(30)27(31,32)33)38-24-8-4-7-23(17-24)36-21-5-2-1-3-6-21;1-31-18-3-2-4-19(13-18)33-23(29,21(25)22(26,27)28)32-17-11-7-15(8-12-17)20(30)14-5-9-16(24)10-6-14/h1-17,26H;2-13,21H,1H3. The molecule has 0 radical (unpaired) electrons. The first-order chi connectivity index (χ1) is 33.5. The largest absolute Gasteiger partial charge is 0.497 e. The Labute approximate surface area is 395 Å². The van der Waals surface area contributed by atoms with Crippen molar-refractivity contribution in [2.24, 2.45) is 0 Å². The molecule has 0 aliphatic carbocycles. The Balaban J connectivity index is 0.000000235. The lowest BCUT2D eigenvalue weighted by Gasteiger charge is -2.30. The monoisotopic (exact) mass is 1000 g/mol. The zero-order valence-corrected chi connectivity index (χ0v) is 36.2. The molecule has 0 aliphatic rings. The van der Waals surface area contributed by atoms with Crippen molar-refractivity contribution in [3.63, 3.8) is 0 Å². The summed E-state index contributed by atoms with van der Waals surface area (Å²) in [7, 11) is 1.26. The molecule has 4 atom stereocenters. The van der Waals surface area contributed by atoms with Crippen LogP contribution in [0.15, 0.2) is 176 Å². The van der Waals surface area contributed by atoms with Gasteiger partial charge in [0.2, 0.25) is 0 Å². The molecule has 7 aromatic carbocycles. The molecule has 0 bridgehead atoms. The summed E-state index contributed by atoms with van der Waals surface area (Å²) in [5.41, 5.74) is 0.390. The fourth-order valence-electron chi connectivity index (χ4n) is 6.06. The fraction of sp³-hybridized carbons (Fsp3) is 0.137. The Kier molecular flexibility index (Phi) is 16.2. The maximum atomic E-state index is 15.5. The van der Waals surface area contributed by atoms with Crippen molar-refractivity contribution in [1.29, 1.82) is 0 Å². The molecule has 0 saturated heterocycles. The number of hydrogen-bond donors (Lipinski definition) is 0. The molecular weight excluding hydrogens is 969 g/mol. The average Bonchev–Trinajstić information content (AvgIpc) is 3.34. The van der Waals surface area contributed by atoms with Gasteiger partial charge in [-0.2, -0.15) is 35.1 Å². The summed E-state index contributed by atoms with van der Waals surface area (Å²) in [6, 6.07) is 27.2. The van der Waals surface area contributed by atoms with Crippen molar-refractivity contribution in [2.75, 3.05) is 7.11 Å². The predicted octanol–water partition coefficient (Wildman–Crippen LogP) is 13.9. The maximum Gasteiger partial charge on any atom is 0.449 e. The highest BCUT2D eigenvalue weighted by Crippen LogP contribution is 2.40. The summed E-state index contributed by atoms with van der Waals surface area (Å²) in [5, 5.41) is 0. The number of benzene rings is 7. The lowest BCUT2D eigenvalue weighted by Crippen LogP contribution is -2.53. The van der Waals surface area contributed by atoms with Crippen molar-refractivity contribution in [3.05, 3.63) is 210 Å². The minimum Gasteiger partial charge on any atom is -0.497 e. The zero-order chi connectivity index (χ0) is 51.6. The highest BCUT2D eigenvalue weighted by molar-refractivity contribution is 6.09. The van der Waals surface area contributed by atoms with E-state index < -0.39 is 83.0 Å². The van der Waals surface area contributed by atoms with Crippen LogP contribution < -0.4 is 28.4 Å². The van der Waals surface area contributed by atoms with Gasteiger partial charge in [-0.15, -0.1) is 0 Å². The molecule has 0 heterocycles. The van der Waals surface area contributed by atoms with Crippen LogP contribution in [0.25, 0.3) is 0 Å². The Morgan fingerprint density at radius 2 is 0.690 bits per heavy atom. The first-order valence-corrected chi connectivity index (χ1v) is 20.4. The van der Waals surface area contributed by atoms with E-state index >= 15 is 8.78 Å². The van der Waals surface area contributed by atoms with E-state index in [1.54, 1.807) is 30.3 Å². The molecule has 7 rings (SSSR count). The van der Waals surface area contributed by atoms with Gasteiger partial charge < -0.3 is 28.4 Å². The average molecular weight is 1000 g/mol. The van der Waals surface area contributed by atoms with Gasteiger partial charge in [-0.1, -0.05) is 30.3 Å². The van der Waals surface area contributed by atoms with Crippen LogP contribution in [0.5, 0.6) is 40.2 Å². The molecule has 0 saturated carbocycles. The highest BCUT2D eigenvalue weighted by Gasteiger charge is 2.62. The molecule has 0 amide bonds. The van der Waals surface area contributed by atoms with Crippen LogP contribution in [0.3, 0.4) is 0 Å². The third-order valence-electron chi connectivity index (χ3n) is 9.48. The Morgan fingerprint density at radius 3 is 1.06 bits per heavy atom. The molecule has 20 heteroatoms. The van der Waals surface area contributed by atoms with E-state index in [9.17, 15) is 53.5 Å². The summed E-state index contributed by atoms with van der Waals surface area (Å²) in [5.74, 6) is -3.63. The van der Waals surface area contributed by atoms with Gasteiger partial charge in [0.15, 0.2) is 11.6 Å². The number of rotatable bonds is 17. The summed E-state index contributed by atoms with van der Waals surface area (Å²) in [6.07, 6.45) is -19.7. The molecule has 71 heavy (non-hydrogen) atoms. The van der Waals surface area contributed by atoms with Gasteiger partial charge in [0.05, 0.1) is 7.11 Å². The van der Waals surface area contributed by atoms with Crippen molar-refractivity contribution >= 4 is 11.6 Å². The quantitative estimate of drug-likeness (QED) is 0.0506. The van der Waals surface area contributed by atoms with Crippen LogP contribution in [0, 0.1) is 11.6 Å². The number of carbonyl (C=O) groups excluding carboxylic acids is 2. The van der Waals surface area contributed by atoms with Crippen LogP contribution in [-0.4, -0.2) is 55.5 Å². The zero-order valence-electron chi connectivity index (χ0n) is 36.2. The first kappa shape index (κ1) is 52.2. The van der Waals surface area contributed by atoms with Crippen LogP contribution in [-0.2, 0) is 0 Å². The Morgan fingerprint density at radius 1 is 0.380 bits per heavy atom. The number of alkyl halides is 10. The molecule has 8 nitrogen and oxygen atoms in total. The van der Waals surface area contributed by atoms with Crippen molar-refractivity contribution in [3.8, 4) is 40.2 Å². The van der Waals surface area contributed by atoms with Gasteiger partial charge in [0.25, 0.3) is 0 Å². The molecule has 0 spiro atoms. The lowest BCUT2D eigenvalue weighted by molar-refractivity contribution is -0.325. The molecule has 0 N–H and O–H groups in total. The van der Waals surface area contributed by atoms with Crippen LogP contribution >= 0.6 is 0 Å². The maximum absolute atomic E-state index is 15.5. The number of para-hydroxylation sites is 1. The number of halogens is 12. The molecule has 4 unspecified atom stereocenters. The molecule has 7 aromatic rings. The third kappa shape index (κ3) is 14.0. The number of methoxy groups -OCH3 is 1. The second-order valence-electron chi connectivity index (χ2n) is 14.7. The predicted molar refractivity (Wildman–Crippen MR) is 231 cm³/mol. The van der Waals surface area contributed by atoms with E-state index in [2.05, 4.69) is 9.47 Å². The minimum absolute atomic E-state index is 0.0488. The van der Waals surface area contributed by atoms with Gasteiger partial charge in [-0.05, 0) is 133 Å². The number of ether oxygens (including phenoxy) is 6. The van der Waals surface area contributed by atoms with Crippen molar-refractivity contribution in [2.45, 2.75) is 36.8 Å². The van der Waals surface area contributed by atoms with Crippen LogP contribution in [0.2, 0.25) is 0 Å². The Bertz CT molecular complexity index is 2870. The summed E-state index contributed by atoms with van der Waals surface area (Å²) in [6.45, 7) is 0. The summed E-state index contributed by atoms with van der Waals surface area (Å²) < 4.78 is 193. The topological polar surface area (TPSA) is 89.5 Å². The van der Waals surface area contributed by atoms with Crippen molar-refractivity contribution in [1.82, 2.24) is 0 Å². The molecule has 0 aromatic heterocycles. The first-order valence-electron chi connectivity index (χ1n) is 20.4. The highest BCUT2D eigenvalue weighted by atomic mass is 19.4. The SMILES string of the molecule is COc1cccc(OC(F)(Oc2ccc(C(=O)c3ccc(F)cc3)cc2)C(F)C(F)(F)F)c1.O=C(c1ccc(F)cc1)c1ccc(OC(F)(Oc2cccc(Oc3ccccc3)c2)C(F)C(F)(F)F)cc1. The van der Waals surface area contributed by atoms with Crippen LogP contribution in [0.1, 0.15) is 31.8 Å². The van der Waals surface area contributed by atoms with E-state index in [1.807, 2.05) is 0 Å². The van der Waals surface area contributed by atoms with Crippen LogP contribution in [0.4, 0.5) is 52.7 Å². The lowest BCUT2D eigenvalue weighted by atomic mass is 10.0. The molecular formula is C51H34F12O8. The Hall–Kier alpha value is -8.16. The summed E-state index contributed by atoms with van der Waals surface area (Å²) in [4.78, 5) is 24.9. The van der Waals surface area contributed by atoms with Gasteiger partial charge in [-0.3, -0.25) is 9.59 Å². The third-order valence-corrected chi connectivity index (χ3v) is 9.48. The van der Waals surface area contributed by atoms with Gasteiger partial charge in [-0.25, -0.2) is 17.6 Å². The van der Waals surface area contributed by atoms with Gasteiger partial charge in [0, 0.05) is 34.4 Å². The second kappa shape index (κ2) is 22.1. The molecule has 0 aliphatic heterocycles. The molecule has 0 fully saturated rings. The molecule has 370 valence electrons. The fourth-order valence-corrected chi connectivity index (χ4v) is 6.06. The van der Waals surface area contributed by atoms with E-state index in [1.165, 1.54) is 55.6 Å². The smallest absolute Gasteiger partial charge is 0.449 e. The van der Waals surface area contributed by atoms with E-state index in [4.69, 9.17) is 18.9 Å². The number of carbonyl (C=O) groups is 2. The van der Waals surface area contributed by atoms with Gasteiger partial charge in [0.1, 0.15) is 51.9 Å².